The summed E-state index contributed by atoms with van der Waals surface area (Å²) in [5.41, 5.74) is 2.05. The highest BCUT2D eigenvalue weighted by atomic mass is 35.5. The molecule has 0 aliphatic heterocycles. The highest BCUT2D eigenvalue weighted by Gasteiger charge is 2.15. The summed E-state index contributed by atoms with van der Waals surface area (Å²) in [7, 11) is 0. The lowest BCUT2D eigenvalue weighted by atomic mass is 10.1. The Morgan fingerprint density at radius 2 is 1.78 bits per heavy atom. The average Bonchev–Trinajstić information content (AvgIpc) is 2.53. The first-order valence-electron chi connectivity index (χ1n) is 7.46. The van der Waals surface area contributed by atoms with Gasteiger partial charge in [-0.05, 0) is 32.0 Å². The van der Waals surface area contributed by atoms with Crippen LogP contribution in [0.2, 0.25) is 5.02 Å². The molecule has 0 saturated heterocycles. The van der Waals surface area contributed by atoms with Crippen LogP contribution < -0.4 is 10.6 Å². The third kappa shape index (κ3) is 4.65. The summed E-state index contributed by atoms with van der Waals surface area (Å²) in [5.74, 6) is -0.230. The van der Waals surface area contributed by atoms with Gasteiger partial charge in [-0.1, -0.05) is 41.9 Å². The van der Waals surface area contributed by atoms with Crippen molar-refractivity contribution >= 4 is 29.0 Å². The summed E-state index contributed by atoms with van der Waals surface area (Å²) in [5, 5.41) is 5.39. The first-order valence-corrected chi connectivity index (χ1v) is 7.84. The number of amides is 1. The number of hydrogen-bond acceptors (Lipinski definition) is 2. The van der Waals surface area contributed by atoms with Crippen molar-refractivity contribution in [3.63, 3.8) is 0 Å². The van der Waals surface area contributed by atoms with Gasteiger partial charge < -0.3 is 10.6 Å². The monoisotopic (exact) mass is 331 g/mol. The fourth-order valence-corrected chi connectivity index (χ4v) is 2.66. The van der Waals surface area contributed by atoms with Gasteiger partial charge in [-0.25, -0.2) is 0 Å². The van der Waals surface area contributed by atoms with E-state index in [0.717, 1.165) is 5.56 Å². The van der Waals surface area contributed by atoms with Crippen LogP contribution in [0, 0.1) is 0 Å². The molecule has 1 atom stereocenters. The van der Waals surface area contributed by atoms with Crippen molar-refractivity contribution in [3.8, 4) is 0 Å². The van der Waals surface area contributed by atoms with E-state index in [-0.39, 0.29) is 24.3 Å². The number of quaternary nitrogens is 1. The average molecular weight is 332 g/mol. The Hall–Kier alpha value is -2.17. The lowest BCUT2D eigenvalue weighted by Crippen LogP contribution is -2.86. The van der Waals surface area contributed by atoms with E-state index in [4.69, 9.17) is 11.6 Å². The van der Waals surface area contributed by atoms with Gasteiger partial charge in [0, 0.05) is 16.1 Å². The number of Topliss-reactive ketones (excluding diaryl/α,β-unsaturated/α-hetero) is 1. The Balaban J connectivity index is 1.96. The molecular formula is C18H20ClN2O2+. The molecule has 2 aromatic rings. The summed E-state index contributed by atoms with van der Waals surface area (Å²) >= 11 is 6.16. The minimum absolute atomic E-state index is 0.0671. The summed E-state index contributed by atoms with van der Waals surface area (Å²) in [4.78, 5) is 23.7. The highest BCUT2D eigenvalue weighted by molar-refractivity contribution is 6.31. The van der Waals surface area contributed by atoms with Gasteiger partial charge in [0.15, 0.2) is 12.3 Å². The first-order chi connectivity index (χ1) is 11.0. The number of nitrogens with one attached hydrogen (secondary N) is 1. The molecule has 0 fully saturated rings. The number of carbonyl (C=O) groups is 2. The quantitative estimate of drug-likeness (QED) is 0.799. The largest absolute Gasteiger partial charge is 0.332 e. The van der Waals surface area contributed by atoms with Gasteiger partial charge in [0.05, 0.1) is 5.69 Å². The van der Waals surface area contributed by atoms with Crippen molar-refractivity contribution in [1.82, 2.24) is 0 Å². The highest BCUT2D eigenvalue weighted by Crippen LogP contribution is 2.19. The number of benzene rings is 2. The molecule has 23 heavy (non-hydrogen) atoms. The van der Waals surface area contributed by atoms with E-state index in [2.05, 4.69) is 5.32 Å². The van der Waals surface area contributed by atoms with Crippen molar-refractivity contribution in [1.29, 1.82) is 0 Å². The third-order valence-electron chi connectivity index (χ3n) is 3.63. The van der Waals surface area contributed by atoms with Crippen LogP contribution in [0.1, 0.15) is 35.8 Å². The van der Waals surface area contributed by atoms with Crippen molar-refractivity contribution in [2.24, 2.45) is 0 Å². The van der Waals surface area contributed by atoms with E-state index in [9.17, 15) is 9.59 Å². The van der Waals surface area contributed by atoms with Crippen LogP contribution in [-0.2, 0) is 4.79 Å². The van der Waals surface area contributed by atoms with Crippen LogP contribution in [0.25, 0.3) is 0 Å². The zero-order valence-electron chi connectivity index (χ0n) is 13.2. The van der Waals surface area contributed by atoms with Crippen LogP contribution in [0.5, 0.6) is 0 Å². The smallest absolute Gasteiger partial charge is 0.279 e. The number of halogens is 1. The molecule has 0 saturated carbocycles. The van der Waals surface area contributed by atoms with Crippen molar-refractivity contribution in [2.45, 2.75) is 19.9 Å². The Kier molecular flexibility index (Phi) is 5.90. The molecule has 3 N–H and O–H groups in total. The Morgan fingerprint density at radius 3 is 2.48 bits per heavy atom. The maximum absolute atomic E-state index is 12.1. The number of hydrogen-bond donors (Lipinski definition) is 2. The standard InChI is InChI=1S/C18H19ClN2O2/c1-12(14-7-3-5-9-16(14)19)20-11-18(23)21-17-10-6-4-8-15(17)13(2)22/h3-10,12,20H,11H2,1-2H3,(H,21,23)/p+1/t12-/m1/s1. The van der Waals surface area contributed by atoms with E-state index >= 15 is 0 Å². The van der Waals surface area contributed by atoms with Gasteiger partial charge in [-0.15, -0.1) is 0 Å². The molecule has 120 valence electrons. The molecule has 1 amide bonds. The lowest BCUT2D eigenvalue weighted by Gasteiger charge is -2.13. The van der Waals surface area contributed by atoms with Crippen LogP contribution in [-0.4, -0.2) is 18.2 Å². The molecule has 0 spiro atoms. The summed E-state index contributed by atoms with van der Waals surface area (Å²) in [6.07, 6.45) is 0. The van der Waals surface area contributed by atoms with E-state index in [1.807, 2.05) is 36.5 Å². The number of anilines is 1. The fraction of sp³-hybridized carbons (Fsp3) is 0.222. The normalized spacial score (nSPS) is 11.8. The second kappa shape index (κ2) is 7.90. The van der Waals surface area contributed by atoms with Crippen molar-refractivity contribution in [3.05, 3.63) is 64.7 Å². The SMILES string of the molecule is CC(=O)c1ccccc1NC(=O)C[NH2+][C@H](C)c1ccccc1Cl. The summed E-state index contributed by atoms with van der Waals surface area (Å²) < 4.78 is 0. The van der Waals surface area contributed by atoms with Gasteiger partial charge in [0.25, 0.3) is 5.91 Å². The number of rotatable bonds is 6. The maximum Gasteiger partial charge on any atom is 0.279 e. The van der Waals surface area contributed by atoms with Gasteiger partial charge >= 0.3 is 0 Å². The van der Waals surface area contributed by atoms with E-state index in [1.54, 1.807) is 24.3 Å². The van der Waals surface area contributed by atoms with Gasteiger partial charge in [0.1, 0.15) is 6.04 Å². The van der Waals surface area contributed by atoms with Gasteiger partial charge in [0.2, 0.25) is 0 Å². The molecule has 0 aliphatic carbocycles. The van der Waals surface area contributed by atoms with E-state index < -0.39 is 0 Å². The van der Waals surface area contributed by atoms with Crippen LogP contribution in [0.3, 0.4) is 0 Å². The molecule has 5 heteroatoms. The number of ketones is 1. The molecule has 0 radical (unpaired) electrons. The minimum Gasteiger partial charge on any atom is -0.332 e. The van der Waals surface area contributed by atoms with E-state index in [1.165, 1.54) is 6.92 Å². The fourth-order valence-electron chi connectivity index (χ4n) is 2.36. The predicted molar refractivity (Wildman–Crippen MR) is 91.7 cm³/mol. The molecule has 0 heterocycles. The van der Waals surface area contributed by atoms with Crippen molar-refractivity contribution in [2.75, 3.05) is 11.9 Å². The van der Waals surface area contributed by atoms with Crippen LogP contribution in [0.4, 0.5) is 5.69 Å². The number of carbonyl (C=O) groups excluding carboxylic acids is 2. The zero-order valence-corrected chi connectivity index (χ0v) is 13.9. The minimum atomic E-state index is -0.155. The van der Waals surface area contributed by atoms with Crippen molar-refractivity contribution < 1.29 is 14.9 Å². The molecule has 2 aromatic carbocycles. The zero-order chi connectivity index (χ0) is 16.8. The lowest BCUT2D eigenvalue weighted by molar-refractivity contribution is -0.682. The second-order valence-electron chi connectivity index (χ2n) is 5.40. The molecule has 2 rings (SSSR count). The van der Waals surface area contributed by atoms with Crippen LogP contribution >= 0.6 is 11.6 Å². The summed E-state index contributed by atoms with van der Waals surface area (Å²) in [6.45, 7) is 3.73. The molecule has 0 bridgehead atoms. The number of para-hydroxylation sites is 1. The van der Waals surface area contributed by atoms with Gasteiger partial charge in [-0.3, -0.25) is 9.59 Å². The predicted octanol–water partition coefficient (Wildman–Crippen LogP) is 2.81. The summed E-state index contributed by atoms with van der Waals surface area (Å²) in [6, 6.07) is 14.7. The topological polar surface area (TPSA) is 62.8 Å². The second-order valence-corrected chi connectivity index (χ2v) is 5.81. The Bertz CT molecular complexity index is 716. The molecular weight excluding hydrogens is 312 g/mol. The first kappa shape index (κ1) is 17.2. The van der Waals surface area contributed by atoms with E-state index in [0.29, 0.717) is 16.3 Å². The maximum atomic E-state index is 12.1. The third-order valence-corrected chi connectivity index (χ3v) is 3.98. The number of nitrogens with two attached hydrogens (primary N) is 1. The molecule has 4 nitrogen and oxygen atoms in total. The molecule has 0 unspecified atom stereocenters. The Morgan fingerprint density at radius 1 is 1.13 bits per heavy atom. The van der Waals surface area contributed by atoms with Gasteiger partial charge in [-0.2, -0.15) is 0 Å². The Labute approximate surface area is 140 Å². The molecule has 0 aliphatic rings. The van der Waals surface area contributed by atoms with Crippen LogP contribution in [0.15, 0.2) is 48.5 Å². The molecule has 0 aromatic heterocycles.